The van der Waals surface area contributed by atoms with Crippen LogP contribution >= 0.6 is 11.6 Å². The first-order valence-electron chi connectivity index (χ1n) is 5.28. The zero-order chi connectivity index (χ0) is 12.3. The lowest BCUT2D eigenvalue weighted by atomic mass is 10.2. The van der Waals surface area contributed by atoms with Crippen LogP contribution in [-0.2, 0) is 6.61 Å². The zero-order valence-corrected chi connectivity index (χ0v) is 10.2. The Bertz CT molecular complexity index is 508. The van der Waals surface area contributed by atoms with Gasteiger partial charge in [0.2, 0.25) is 0 Å². The monoisotopic (exact) mass is 250 g/mol. The second-order valence-corrected chi connectivity index (χ2v) is 4.24. The smallest absolute Gasteiger partial charge is 0.123 e. The van der Waals surface area contributed by atoms with Crippen molar-refractivity contribution in [3.8, 4) is 5.75 Å². The lowest BCUT2D eigenvalue weighted by Gasteiger charge is -2.08. The van der Waals surface area contributed by atoms with Crippen molar-refractivity contribution < 1.29 is 9.13 Å². The summed E-state index contributed by atoms with van der Waals surface area (Å²) in [5, 5.41) is 0.513. The standard InChI is InChI=1S/C14H12ClFO/c1-10-2-5-13(6-3-10)17-9-11-8-12(16)4-7-14(11)15/h2-8H,9H2,1H3. The van der Waals surface area contributed by atoms with Crippen molar-refractivity contribution in [2.45, 2.75) is 13.5 Å². The fourth-order valence-electron chi connectivity index (χ4n) is 1.45. The van der Waals surface area contributed by atoms with Gasteiger partial charge in [-0.05, 0) is 37.3 Å². The normalized spacial score (nSPS) is 10.3. The summed E-state index contributed by atoms with van der Waals surface area (Å²) in [6, 6.07) is 11.9. The first kappa shape index (κ1) is 11.9. The minimum absolute atomic E-state index is 0.264. The molecule has 3 heteroatoms. The van der Waals surface area contributed by atoms with Crippen molar-refractivity contribution in [2.75, 3.05) is 0 Å². The molecule has 2 aromatic rings. The van der Waals surface area contributed by atoms with Gasteiger partial charge in [-0.2, -0.15) is 0 Å². The highest BCUT2D eigenvalue weighted by Gasteiger charge is 2.03. The maximum Gasteiger partial charge on any atom is 0.123 e. The molecule has 1 nitrogen and oxygen atoms in total. The Morgan fingerprint density at radius 2 is 1.82 bits per heavy atom. The van der Waals surface area contributed by atoms with Gasteiger partial charge in [0.25, 0.3) is 0 Å². The number of benzene rings is 2. The van der Waals surface area contributed by atoms with E-state index in [0.717, 1.165) is 5.75 Å². The summed E-state index contributed by atoms with van der Waals surface area (Å²) in [5.41, 5.74) is 1.81. The topological polar surface area (TPSA) is 9.23 Å². The number of aryl methyl sites for hydroxylation is 1. The molecule has 0 amide bonds. The number of hydrogen-bond donors (Lipinski definition) is 0. The molecule has 0 aliphatic rings. The first-order chi connectivity index (χ1) is 8.15. The zero-order valence-electron chi connectivity index (χ0n) is 9.41. The van der Waals surface area contributed by atoms with E-state index < -0.39 is 0 Å². The Hall–Kier alpha value is -1.54. The van der Waals surface area contributed by atoms with Gasteiger partial charge >= 0.3 is 0 Å². The van der Waals surface area contributed by atoms with Gasteiger partial charge in [-0.15, -0.1) is 0 Å². The molecule has 0 spiro atoms. The predicted octanol–water partition coefficient (Wildman–Crippen LogP) is 4.37. The molecule has 0 aromatic heterocycles. The van der Waals surface area contributed by atoms with Gasteiger partial charge in [-0.1, -0.05) is 29.3 Å². The van der Waals surface area contributed by atoms with Crippen molar-refractivity contribution in [1.29, 1.82) is 0 Å². The molecule has 0 N–H and O–H groups in total. The first-order valence-corrected chi connectivity index (χ1v) is 5.66. The minimum Gasteiger partial charge on any atom is -0.489 e. The molecule has 2 rings (SSSR count). The van der Waals surface area contributed by atoms with Crippen LogP contribution in [0.3, 0.4) is 0 Å². The van der Waals surface area contributed by atoms with Crippen molar-refractivity contribution >= 4 is 11.6 Å². The highest BCUT2D eigenvalue weighted by atomic mass is 35.5. The Morgan fingerprint density at radius 1 is 1.12 bits per heavy atom. The summed E-state index contributed by atoms with van der Waals surface area (Å²) in [4.78, 5) is 0. The van der Waals surface area contributed by atoms with Crippen LogP contribution in [0.2, 0.25) is 5.02 Å². The van der Waals surface area contributed by atoms with Crippen LogP contribution < -0.4 is 4.74 Å². The van der Waals surface area contributed by atoms with E-state index in [2.05, 4.69) is 0 Å². The predicted molar refractivity (Wildman–Crippen MR) is 66.9 cm³/mol. The SMILES string of the molecule is Cc1ccc(OCc2cc(F)ccc2Cl)cc1. The molecule has 0 bridgehead atoms. The molecule has 0 fully saturated rings. The number of ether oxygens (including phenoxy) is 1. The Kier molecular flexibility index (Phi) is 3.64. The van der Waals surface area contributed by atoms with Gasteiger partial charge in [0.1, 0.15) is 18.2 Å². The largest absolute Gasteiger partial charge is 0.489 e. The van der Waals surface area contributed by atoms with Gasteiger partial charge in [0.15, 0.2) is 0 Å². The summed E-state index contributed by atoms with van der Waals surface area (Å²) >= 11 is 5.94. The highest BCUT2D eigenvalue weighted by molar-refractivity contribution is 6.31. The maximum absolute atomic E-state index is 13.0. The summed E-state index contributed by atoms with van der Waals surface area (Å²) in [7, 11) is 0. The molecule has 0 radical (unpaired) electrons. The molecule has 0 unspecified atom stereocenters. The third kappa shape index (κ3) is 3.21. The molecule has 0 saturated carbocycles. The molecule has 88 valence electrons. The number of halogens is 2. The van der Waals surface area contributed by atoms with E-state index in [1.807, 2.05) is 31.2 Å². The molecule has 0 saturated heterocycles. The number of rotatable bonds is 3. The van der Waals surface area contributed by atoms with Crippen molar-refractivity contribution in [1.82, 2.24) is 0 Å². The van der Waals surface area contributed by atoms with Crippen LogP contribution in [0.25, 0.3) is 0 Å². The van der Waals surface area contributed by atoms with E-state index in [0.29, 0.717) is 10.6 Å². The van der Waals surface area contributed by atoms with Gasteiger partial charge in [0, 0.05) is 10.6 Å². The third-order valence-electron chi connectivity index (χ3n) is 2.42. The molecule has 2 aromatic carbocycles. The Labute approximate surface area is 105 Å². The Morgan fingerprint density at radius 3 is 2.53 bits per heavy atom. The quantitative estimate of drug-likeness (QED) is 0.786. The second kappa shape index (κ2) is 5.19. The Balaban J connectivity index is 2.07. The minimum atomic E-state index is -0.308. The summed E-state index contributed by atoms with van der Waals surface area (Å²) in [6.07, 6.45) is 0. The highest BCUT2D eigenvalue weighted by Crippen LogP contribution is 2.20. The second-order valence-electron chi connectivity index (χ2n) is 3.84. The van der Waals surface area contributed by atoms with Crippen LogP contribution in [0.1, 0.15) is 11.1 Å². The van der Waals surface area contributed by atoms with E-state index in [1.54, 1.807) is 0 Å². The molecular weight excluding hydrogens is 239 g/mol. The van der Waals surface area contributed by atoms with Crippen LogP contribution in [0.4, 0.5) is 4.39 Å². The van der Waals surface area contributed by atoms with Crippen LogP contribution in [-0.4, -0.2) is 0 Å². The van der Waals surface area contributed by atoms with Crippen LogP contribution in [0.15, 0.2) is 42.5 Å². The summed E-state index contributed by atoms with van der Waals surface area (Å²) < 4.78 is 18.5. The lowest BCUT2D eigenvalue weighted by molar-refractivity contribution is 0.305. The maximum atomic E-state index is 13.0. The van der Waals surface area contributed by atoms with E-state index in [-0.39, 0.29) is 12.4 Å². The fourth-order valence-corrected chi connectivity index (χ4v) is 1.62. The van der Waals surface area contributed by atoms with Gasteiger partial charge in [0.05, 0.1) is 0 Å². The van der Waals surface area contributed by atoms with Gasteiger partial charge < -0.3 is 4.74 Å². The van der Waals surface area contributed by atoms with Crippen molar-refractivity contribution in [3.63, 3.8) is 0 Å². The average molecular weight is 251 g/mol. The van der Waals surface area contributed by atoms with Crippen molar-refractivity contribution in [2.24, 2.45) is 0 Å². The van der Waals surface area contributed by atoms with Crippen LogP contribution in [0.5, 0.6) is 5.75 Å². The van der Waals surface area contributed by atoms with Crippen molar-refractivity contribution in [3.05, 3.63) is 64.4 Å². The molecule has 17 heavy (non-hydrogen) atoms. The van der Waals surface area contributed by atoms with E-state index in [9.17, 15) is 4.39 Å². The molecule has 0 atom stereocenters. The van der Waals surface area contributed by atoms with E-state index in [1.165, 1.54) is 23.8 Å². The van der Waals surface area contributed by atoms with Gasteiger partial charge in [-0.25, -0.2) is 4.39 Å². The molecular formula is C14H12ClFO. The molecule has 0 aliphatic heterocycles. The van der Waals surface area contributed by atoms with E-state index >= 15 is 0 Å². The van der Waals surface area contributed by atoms with Gasteiger partial charge in [-0.3, -0.25) is 0 Å². The van der Waals surface area contributed by atoms with E-state index in [4.69, 9.17) is 16.3 Å². The molecule has 0 heterocycles. The fraction of sp³-hybridized carbons (Fsp3) is 0.143. The molecule has 0 aliphatic carbocycles. The summed E-state index contributed by atoms with van der Waals surface area (Å²) in [5.74, 6) is 0.438. The number of hydrogen-bond acceptors (Lipinski definition) is 1. The lowest BCUT2D eigenvalue weighted by Crippen LogP contribution is -1.97. The average Bonchev–Trinajstić information content (AvgIpc) is 2.32. The third-order valence-corrected chi connectivity index (χ3v) is 2.79. The van der Waals surface area contributed by atoms with Crippen LogP contribution in [0, 0.1) is 12.7 Å². The summed E-state index contributed by atoms with van der Waals surface area (Å²) in [6.45, 7) is 2.27.